The molecule has 0 bridgehead atoms. The lowest BCUT2D eigenvalue weighted by molar-refractivity contribution is 0.173. The molecule has 1 rings (SSSR count). The Labute approximate surface area is 180 Å². The maximum Gasteiger partial charge on any atom is 0.191 e. The van der Waals surface area contributed by atoms with Crippen molar-refractivity contribution < 1.29 is 0 Å². The summed E-state index contributed by atoms with van der Waals surface area (Å²) in [5.41, 5.74) is 1.01. The second-order valence-electron chi connectivity index (χ2n) is 6.92. The number of hydrogen-bond acceptors (Lipinski definition) is 5. The molecule has 0 unspecified atom stereocenters. The van der Waals surface area contributed by atoms with Crippen molar-refractivity contribution in [2.24, 2.45) is 4.99 Å². The fourth-order valence-corrected chi connectivity index (χ4v) is 3.41. The van der Waals surface area contributed by atoms with Crippen molar-refractivity contribution in [1.82, 2.24) is 20.5 Å². The summed E-state index contributed by atoms with van der Waals surface area (Å²) in [6, 6.07) is 1.16. The van der Waals surface area contributed by atoms with Crippen molar-refractivity contribution in [3.63, 3.8) is 0 Å². The van der Waals surface area contributed by atoms with Gasteiger partial charge in [0.1, 0.15) is 0 Å². The third-order valence-electron chi connectivity index (χ3n) is 3.88. The van der Waals surface area contributed by atoms with Crippen LogP contribution in [0.3, 0.4) is 0 Å². The highest BCUT2D eigenvalue weighted by molar-refractivity contribution is 14.0. The predicted octanol–water partition coefficient (Wildman–Crippen LogP) is 3.39. The molecule has 6 nitrogen and oxygen atoms in total. The van der Waals surface area contributed by atoms with Crippen LogP contribution >= 0.6 is 35.3 Å². The van der Waals surface area contributed by atoms with Gasteiger partial charge in [-0.3, -0.25) is 4.90 Å². The quantitative estimate of drug-likeness (QED) is 0.225. The van der Waals surface area contributed by atoms with E-state index in [9.17, 15) is 0 Å². The van der Waals surface area contributed by atoms with Crippen molar-refractivity contribution in [3.8, 4) is 0 Å². The molecule has 0 amide bonds. The predicted molar refractivity (Wildman–Crippen MR) is 126 cm³/mol. The number of aromatic nitrogens is 1. The minimum Gasteiger partial charge on any atom is -0.357 e. The van der Waals surface area contributed by atoms with Gasteiger partial charge in [0.25, 0.3) is 0 Å². The standard InChI is InChI=1S/C18H36N6S.HI/c1-8-19-17(20-10-9-11-24(14(2)3)15(4)5)21-12-16-13-25-18(22-16)23(6)7;/h13-15H,8-12H2,1-7H3,(H2,19,20,21);1H. The lowest BCUT2D eigenvalue weighted by atomic mass is 10.2. The van der Waals surface area contributed by atoms with Crippen LogP contribution in [0.25, 0.3) is 0 Å². The number of thiazole rings is 1. The maximum atomic E-state index is 4.65. The van der Waals surface area contributed by atoms with E-state index in [1.165, 1.54) is 0 Å². The number of anilines is 1. The van der Waals surface area contributed by atoms with E-state index in [4.69, 9.17) is 0 Å². The third-order valence-corrected chi connectivity index (χ3v) is 4.93. The van der Waals surface area contributed by atoms with Gasteiger partial charge in [-0.25, -0.2) is 9.98 Å². The van der Waals surface area contributed by atoms with Crippen LogP contribution < -0.4 is 15.5 Å². The average Bonchev–Trinajstić information content (AvgIpc) is 3.00. The van der Waals surface area contributed by atoms with Gasteiger partial charge in [-0.15, -0.1) is 35.3 Å². The molecular formula is C18H37IN6S. The van der Waals surface area contributed by atoms with Gasteiger partial charge in [0.05, 0.1) is 12.2 Å². The Morgan fingerprint density at radius 2 is 1.85 bits per heavy atom. The summed E-state index contributed by atoms with van der Waals surface area (Å²) in [7, 11) is 4.02. The smallest absolute Gasteiger partial charge is 0.191 e. The van der Waals surface area contributed by atoms with Crippen LogP contribution in [0.1, 0.15) is 46.7 Å². The first-order chi connectivity index (χ1) is 11.8. The number of guanidine groups is 1. The Balaban J connectivity index is 0.00000625. The highest BCUT2D eigenvalue weighted by Gasteiger charge is 2.12. The molecule has 0 atom stereocenters. The Kier molecular flexibility index (Phi) is 13.2. The van der Waals surface area contributed by atoms with Gasteiger partial charge in [0, 0.05) is 51.2 Å². The van der Waals surface area contributed by atoms with Gasteiger partial charge in [0.2, 0.25) is 0 Å². The molecule has 1 aromatic heterocycles. The molecule has 26 heavy (non-hydrogen) atoms. The second-order valence-corrected chi connectivity index (χ2v) is 7.75. The number of hydrogen-bond donors (Lipinski definition) is 2. The number of aliphatic imine (C=N–C) groups is 1. The monoisotopic (exact) mass is 496 g/mol. The minimum atomic E-state index is 0. The lowest BCUT2D eigenvalue weighted by Gasteiger charge is -2.30. The van der Waals surface area contributed by atoms with Crippen LogP contribution in [0.5, 0.6) is 0 Å². The van der Waals surface area contributed by atoms with Gasteiger partial charge in [-0.05, 0) is 41.0 Å². The van der Waals surface area contributed by atoms with Gasteiger partial charge >= 0.3 is 0 Å². The molecule has 2 N–H and O–H groups in total. The summed E-state index contributed by atoms with van der Waals surface area (Å²) in [5.74, 6) is 0.863. The molecule has 0 aliphatic rings. The summed E-state index contributed by atoms with van der Waals surface area (Å²) >= 11 is 1.65. The summed E-state index contributed by atoms with van der Waals surface area (Å²) in [5, 5.41) is 9.83. The fraction of sp³-hybridized carbons (Fsp3) is 0.778. The van der Waals surface area contributed by atoms with Crippen LogP contribution in [0.15, 0.2) is 10.4 Å². The zero-order chi connectivity index (χ0) is 18.8. The van der Waals surface area contributed by atoms with Gasteiger partial charge in [-0.1, -0.05) is 0 Å². The number of rotatable bonds is 10. The largest absolute Gasteiger partial charge is 0.357 e. The van der Waals surface area contributed by atoms with E-state index in [-0.39, 0.29) is 24.0 Å². The van der Waals surface area contributed by atoms with Crippen molar-refractivity contribution in [1.29, 1.82) is 0 Å². The summed E-state index contributed by atoms with van der Waals surface area (Å²) in [4.78, 5) is 13.8. The highest BCUT2D eigenvalue weighted by Crippen LogP contribution is 2.18. The van der Waals surface area contributed by atoms with Crippen molar-refractivity contribution in [2.75, 3.05) is 38.6 Å². The fourth-order valence-electron chi connectivity index (χ4n) is 2.66. The molecular weight excluding hydrogens is 459 g/mol. The van der Waals surface area contributed by atoms with Crippen molar-refractivity contribution in [3.05, 3.63) is 11.1 Å². The summed E-state index contributed by atoms with van der Waals surface area (Å²) in [6.07, 6.45) is 1.10. The topological polar surface area (TPSA) is 55.8 Å². The Bertz CT molecular complexity index is 508. The number of nitrogens with zero attached hydrogens (tertiary/aromatic N) is 4. The zero-order valence-electron chi connectivity index (χ0n) is 17.4. The van der Waals surface area contributed by atoms with E-state index in [0.717, 1.165) is 42.8 Å². The summed E-state index contributed by atoms with van der Waals surface area (Å²) in [6.45, 7) is 14.6. The van der Waals surface area contributed by atoms with Crippen LogP contribution in [0, 0.1) is 0 Å². The normalized spacial score (nSPS) is 11.8. The molecule has 0 aromatic carbocycles. The molecule has 1 heterocycles. The van der Waals surface area contributed by atoms with Gasteiger partial charge in [0.15, 0.2) is 11.1 Å². The van der Waals surface area contributed by atoms with Gasteiger partial charge < -0.3 is 15.5 Å². The molecule has 0 aliphatic carbocycles. The first-order valence-corrected chi connectivity index (χ1v) is 10.1. The molecule has 0 radical (unpaired) electrons. The Hall–Kier alpha value is -0.610. The van der Waals surface area contributed by atoms with Crippen LogP contribution in [0.4, 0.5) is 5.13 Å². The SMILES string of the molecule is CCNC(=NCc1csc(N(C)C)n1)NCCCN(C(C)C)C(C)C.I. The number of halogens is 1. The Morgan fingerprint density at radius 1 is 1.19 bits per heavy atom. The summed E-state index contributed by atoms with van der Waals surface area (Å²) < 4.78 is 0. The van der Waals surface area contributed by atoms with Crippen LogP contribution in [-0.4, -0.2) is 61.7 Å². The lowest BCUT2D eigenvalue weighted by Crippen LogP contribution is -2.41. The second kappa shape index (κ2) is 13.5. The highest BCUT2D eigenvalue weighted by atomic mass is 127. The van der Waals surface area contributed by atoms with Crippen molar-refractivity contribution in [2.45, 2.75) is 59.7 Å². The molecule has 0 spiro atoms. The number of nitrogens with one attached hydrogen (secondary N) is 2. The maximum absolute atomic E-state index is 4.65. The molecule has 1 aromatic rings. The molecule has 8 heteroatoms. The molecule has 0 aliphatic heterocycles. The van der Waals surface area contributed by atoms with Gasteiger partial charge in [-0.2, -0.15) is 0 Å². The first kappa shape index (κ1) is 25.4. The van der Waals surface area contributed by atoms with Crippen LogP contribution in [0.2, 0.25) is 0 Å². The molecule has 0 fully saturated rings. The van der Waals surface area contributed by atoms with Crippen molar-refractivity contribution >= 4 is 46.4 Å². The van der Waals surface area contributed by atoms with E-state index in [1.54, 1.807) is 11.3 Å². The molecule has 152 valence electrons. The third kappa shape index (κ3) is 9.36. The first-order valence-electron chi connectivity index (χ1n) is 9.24. The minimum absolute atomic E-state index is 0. The van der Waals surface area contributed by atoms with E-state index >= 15 is 0 Å². The van der Waals surface area contributed by atoms with E-state index < -0.39 is 0 Å². The average molecular weight is 497 g/mol. The van der Waals surface area contributed by atoms with E-state index in [0.29, 0.717) is 18.6 Å². The zero-order valence-corrected chi connectivity index (χ0v) is 20.5. The van der Waals surface area contributed by atoms with E-state index in [2.05, 4.69) is 65.5 Å². The van der Waals surface area contributed by atoms with E-state index in [1.807, 2.05) is 19.0 Å². The van der Waals surface area contributed by atoms with Crippen LogP contribution in [-0.2, 0) is 6.54 Å². The molecule has 0 saturated carbocycles. The molecule has 0 saturated heterocycles. The Morgan fingerprint density at radius 3 is 2.35 bits per heavy atom.